The molecular weight excluding hydrogens is 431 g/mol. The van der Waals surface area contributed by atoms with Gasteiger partial charge in [0.15, 0.2) is 0 Å². The molecule has 0 unspecified atom stereocenters. The van der Waals surface area contributed by atoms with E-state index >= 15 is 0 Å². The Labute approximate surface area is 176 Å². The first-order chi connectivity index (χ1) is 14.6. The molecule has 31 heavy (non-hydrogen) atoms. The van der Waals surface area contributed by atoms with Crippen molar-refractivity contribution < 1.29 is 26.3 Å². The summed E-state index contributed by atoms with van der Waals surface area (Å²) in [7, 11) is -4.39. The van der Waals surface area contributed by atoms with E-state index in [9.17, 15) is 21.6 Å². The molecule has 0 saturated heterocycles. The number of imidazole rings is 1. The Balaban J connectivity index is 1.75. The third-order valence-corrected chi connectivity index (χ3v) is 5.89. The van der Waals surface area contributed by atoms with Gasteiger partial charge >= 0.3 is 6.36 Å². The molecule has 2 heterocycles. The van der Waals surface area contributed by atoms with Crippen molar-refractivity contribution in [3.05, 3.63) is 78.6 Å². The van der Waals surface area contributed by atoms with Crippen LogP contribution in [-0.2, 0) is 10.0 Å². The number of hydrogen-bond acceptors (Lipinski definition) is 4. The first-order valence-electron chi connectivity index (χ1n) is 9.05. The third kappa shape index (κ3) is 4.33. The predicted molar refractivity (Wildman–Crippen MR) is 109 cm³/mol. The first-order valence-corrected chi connectivity index (χ1v) is 10.5. The minimum atomic E-state index is -5.03. The molecule has 0 atom stereocenters. The summed E-state index contributed by atoms with van der Waals surface area (Å²) in [5, 5.41) is 0. The number of pyridine rings is 1. The zero-order valence-corrected chi connectivity index (χ0v) is 16.9. The topological polar surface area (TPSA) is 72.7 Å². The summed E-state index contributed by atoms with van der Waals surface area (Å²) in [5.74, 6) is -0.816. The maximum atomic E-state index is 12.9. The van der Waals surface area contributed by atoms with Gasteiger partial charge in [-0.2, -0.15) is 0 Å². The number of para-hydroxylation sites is 2. The van der Waals surface area contributed by atoms with Gasteiger partial charge in [-0.1, -0.05) is 36.4 Å². The molecule has 0 bridgehead atoms. The summed E-state index contributed by atoms with van der Waals surface area (Å²) >= 11 is 0. The minimum Gasteiger partial charge on any atom is -0.404 e. The van der Waals surface area contributed by atoms with Crippen molar-refractivity contribution in [1.29, 1.82) is 0 Å². The van der Waals surface area contributed by atoms with Gasteiger partial charge < -0.3 is 9.14 Å². The summed E-state index contributed by atoms with van der Waals surface area (Å²) in [5.41, 5.74) is 2.80. The number of sulfonamides is 1. The molecule has 2 aromatic heterocycles. The van der Waals surface area contributed by atoms with E-state index in [4.69, 9.17) is 0 Å². The largest absolute Gasteiger partial charge is 0.573 e. The standard InChI is InChI=1S/C21H16F3N3O3S/c1-14-7-6-12-27-13-17(25-20(14)27)15-8-2-3-9-16(15)26-31(28,29)19-11-5-4-10-18(19)30-21(22,23)24/h2-13,26H,1H3. The lowest BCUT2D eigenvalue weighted by Gasteiger charge is -2.15. The number of aromatic nitrogens is 2. The van der Waals surface area contributed by atoms with Gasteiger partial charge in [0.25, 0.3) is 10.0 Å². The predicted octanol–water partition coefficient (Wildman–Crippen LogP) is 5.01. The molecular formula is C21H16F3N3O3S. The van der Waals surface area contributed by atoms with Crippen LogP contribution in [0.4, 0.5) is 18.9 Å². The zero-order chi connectivity index (χ0) is 22.2. The van der Waals surface area contributed by atoms with Crippen LogP contribution in [0.25, 0.3) is 16.9 Å². The fourth-order valence-corrected chi connectivity index (χ4v) is 4.37. The highest BCUT2D eigenvalue weighted by atomic mass is 32.2. The summed E-state index contributed by atoms with van der Waals surface area (Å²) in [6.07, 6.45) is -1.47. The van der Waals surface area contributed by atoms with E-state index < -0.39 is 27.0 Å². The summed E-state index contributed by atoms with van der Waals surface area (Å²) in [4.78, 5) is 3.94. The third-order valence-electron chi connectivity index (χ3n) is 4.49. The Morgan fingerprint density at radius 3 is 2.45 bits per heavy atom. The maximum Gasteiger partial charge on any atom is 0.573 e. The van der Waals surface area contributed by atoms with Gasteiger partial charge in [-0.3, -0.25) is 4.72 Å². The quantitative estimate of drug-likeness (QED) is 0.467. The smallest absolute Gasteiger partial charge is 0.404 e. The van der Waals surface area contributed by atoms with Gasteiger partial charge in [-0.15, -0.1) is 13.2 Å². The number of benzene rings is 2. The number of halogens is 3. The van der Waals surface area contributed by atoms with Crippen LogP contribution in [0.2, 0.25) is 0 Å². The second-order valence-corrected chi connectivity index (χ2v) is 8.34. The van der Waals surface area contributed by atoms with E-state index in [0.717, 1.165) is 17.7 Å². The molecule has 0 fully saturated rings. The Morgan fingerprint density at radius 2 is 1.71 bits per heavy atom. The number of anilines is 1. The molecule has 0 radical (unpaired) electrons. The van der Waals surface area contributed by atoms with Crippen molar-refractivity contribution >= 4 is 21.4 Å². The van der Waals surface area contributed by atoms with Gasteiger partial charge in [0.05, 0.1) is 11.4 Å². The molecule has 160 valence electrons. The van der Waals surface area contributed by atoms with Crippen molar-refractivity contribution in [2.24, 2.45) is 0 Å². The Kier molecular flexibility index (Phi) is 5.10. The van der Waals surface area contributed by atoms with E-state index in [2.05, 4.69) is 14.4 Å². The lowest BCUT2D eigenvalue weighted by atomic mass is 10.1. The molecule has 1 N–H and O–H groups in total. The van der Waals surface area contributed by atoms with Crippen molar-refractivity contribution in [3.63, 3.8) is 0 Å². The lowest BCUT2D eigenvalue weighted by molar-refractivity contribution is -0.275. The molecule has 2 aromatic carbocycles. The summed E-state index contributed by atoms with van der Waals surface area (Å²) in [6, 6.07) is 14.8. The van der Waals surface area contributed by atoms with Gasteiger partial charge in [-0.25, -0.2) is 13.4 Å². The van der Waals surface area contributed by atoms with Crippen LogP contribution in [0.1, 0.15) is 5.56 Å². The average Bonchev–Trinajstić information content (AvgIpc) is 3.13. The molecule has 0 amide bonds. The number of alkyl halides is 3. The van der Waals surface area contributed by atoms with Crippen molar-refractivity contribution in [3.8, 4) is 17.0 Å². The molecule has 4 aromatic rings. The van der Waals surface area contributed by atoms with Crippen LogP contribution >= 0.6 is 0 Å². The molecule has 0 aliphatic heterocycles. The number of nitrogens with zero attached hydrogens (tertiary/aromatic N) is 2. The molecule has 0 saturated carbocycles. The molecule has 0 aliphatic rings. The van der Waals surface area contributed by atoms with Crippen LogP contribution in [0.3, 0.4) is 0 Å². The highest BCUT2D eigenvalue weighted by Crippen LogP contribution is 2.33. The van der Waals surface area contributed by atoms with Crippen LogP contribution in [0.5, 0.6) is 5.75 Å². The molecule has 0 aliphatic carbocycles. The van der Waals surface area contributed by atoms with E-state index in [1.54, 1.807) is 24.4 Å². The average molecular weight is 447 g/mol. The number of hydrogen-bond donors (Lipinski definition) is 1. The molecule has 6 nitrogen and oxygen atoms in total. The fraction of sp³-hybridized carbons (Fsp3) is 0.0952. The van der Waals surface area contributed by atoms with Crippen LogP contribution in [0, 0.1) is 6.92 Å². The zero-order valence-electron chi connectivity index (χ0n) is 16.1. The van der Waals surface area contributed by atoms with Gasteiger partial charge in [-0.05, 0) is 36.8 Å². The highest BCUT2D eigenvalue weighted by Gasteiger charge is 2.34. The molecule has 0 spiro atoms. The van der Waals surface area contributed by atoms with Gasteiger partial charge in [0, 0.05) is 18.0 Å². The maximum absolute atomic E-state index is 12.9. The van der Waals surface area contributed by atoms with E-state index in [-0.39, 0.29) is 5.69 Å². The second kappa shape index (κ2) is 7.62. The summed E-state index contributed by atoms with van der Waals surface area (Å²) in [6.45, 7) is 1.90. The lowest BCUT2D eigenvalue weighted by Crippen LogP contribution is -2.21. The number of ether oxygens (including phenoxy) is 1. The summed E-state index contributed by atoms with van der Waals surface area (Å²) < 4.78 is 72.1. The monoisotopic (exact) mass is 447 g/mol. The first kappa shape index (κ1) is 20.7. The van der Waals surface area contributed by atoms with Gasteiger partial charge in [0.1, 0.15) is 16.3 Å². The SMILES string of the molecule is Cc1cccn2cc(-c3ccccc3NS(=O)(=O)c3ccccc3OC(F)(F)F)nc12. The number of fused-ring (bicyclic) bond motifs is 1. The van der Waals surface area contributed by atoms with E-state index in [1.807, 2.05) is 29.7 Å². The number of rotatable bonds is 5. The number of aryl methyl sites for hydroxylation is 1. The van der Waals surface area contributed by atoms with Crippen LogP contribution in [0.15, 0.2) is 78.0 Å². The fourth-order valence-electron chi connectivity index (χ4n) is 3.16. The van der Waals surface area contributed by atoms with E-state index in [1.165, 1.54) is 18.2 Å². The number of nitrogens with one attached hydrogen (secondary N) is 1. The van der Waals surface area contributed by atoms with E-state index in [0.29, 0.717) is 16.9 Å². The Morgan fingerprint density at radius 1 is 1.00 bits per heavy atom. The minimum absolute atomic E-state index is 0.172. The van der Waals surface area contributed by atoms with Gasteiger partial charge in [0.2, 0.25) is 0 Å². The highest BCUT2D eigenvalue weighted by molar-refractivity contribution is 7.92. The molecule has 4 rings (SSSR count). The van der Waals surface area contributed by atoms with Crippen molar-refractivity contribution in [2.75, 3.05) is 4.72 Å². The Hall–Kier alpha value is -3.53. The Bertz CT molecular complexity index is 1370. The normalized spacial score (nSPS) is 12.1. The van der Waals surface area contributed by atoms with Crippen molar-refractivity contribution in [1.82, 2.24) is 9.38 Å². The van der Waals surface area contributed by atoms with Crippen molar-refractivity contribution in [2.45, 2.75) is 18.2 Å². The van der Waals surface area contributed by atoms with Crippen LogP contribution in [-0.4, -0.2) is 24.2 Å². The molecule has 10 heteroatoms. The second-order valence-electron chi connectivity index (χ2n) is 6.69. The van der Waals surface area contributed by atoms with Crippen LogP contribution < -0.4 is 9.46 Å².